The van der Waals surface area contributed by atoms with E-state index in [1.165, 1.54) is 24.3 Å². The molecule has 12 heteroatoms. The van der Waals surface area contributed by atoms with E-state index in [0.29, 0.717) is 45.2 Å². The summed E-state index contributed by atoms with van der Waals surface area (Å²) in [5.41, 5.74) is 5.64. The first-order valence-corrected chi connectivity index (χ1v) is 16.0. The van der Waals surface area contributed by atoms with E-state index in [4.69, 9.17) is 9.05 Å². The number of aromatic nitrogens is 2. The van der Waals surface area contributed by atoms with Gasteiger partial charge in [-0.3, -0.25) is 0 Å². The van der Waals surface area contributed by atoms with Crippen molar-refractivity contribution < 1.29 is 55.4 Å². The minimum absolute atomic E-state index is 0. The van der Waals surface area contributed by atoms with E-state index in [0.717, 1.165) is 11.1 Å². The molecule has 216 valence electrons. The van der Waals surface area contributed by atoms with Crippen LogP contribution in [0.15, 0.2) is 128 Å². The molecule has 0 aliphatic heterocycles. The van der Waals surface area contributed by atoms with E-state index in [2.05, 4.69) is 14.4 Å². The van der Waals surface area contributed by atoms with Gasteiger partial charge in [-0.05, 0) is 49.2 Å². The van der Waals surface area contributed by atoms with Crippen LogP contribution in [0.5, 0.6) is 0 Å². The summed E-state index contributed by atoms with van der Waals surface area (Å²) in [5.74, 6) is 1.12. The molecule has 9 nitrogen and oxygen atoms in total. The summed E-state index contributed by atoms with van der Waals surface area (Å²) in [6, 6.07) is 30.4. The first-order chi connectivity index (χ1) is 20.6. The number of rotatable bonds is 8. The van der Waals surface area contributed by atoms with Crippen LogP contribution < -0.4 is 29.6 Å². The minimum Gasteiger partial charge on any atom is -0.428 e. The third-order valence-electron chi connectivity index (χ3n) is 6.90. The molecule has 6 aromatic rings. The van der Waals surface area contributed by atoms with Crippen molar-refractivity contribution in [3.63, 3.8) is 0 Å². The van der Waals surface area contributed by atoms with Gasteiger partial charge in [-0.1, -0.05) is 95.2 Å². The Morgan fingerprint density at radius 3 is 1.18 bits per heavy atom. The van der Waals surface area contributed by atoms with Gasteiger partial charge in [0.15, 0.2) is 0 Å². The van der Waals surface area contributed by atoms with Gasteiger partial charge in [-0.25, -0.2) is 16.8 Å². The Kier molecular flexibility index (Phi) is 9.07. The van der Waals surface area contributed by atoms with Crippen molar-refractivity contribution in [1.82, 2.24) is 10.3 Å². The smallest absolute Gasteiger partial charge is 0.428 e. The normalized spacial score (nSPS) is 11.7. The second kappa shape index (κ2) is 12.6. The molecule has 0 aliphatic rings. The van der Waals surface area contributed by atoms with E-state index in [1.807, 2.05) is 60.7 Å². The van der Waals surface area contributed by atoms with Gasteiger partial charge >= 0.3 is 29.6 Å². The first kappa shape index (κ1) is 31.6. The van der Waals surface area contributed by atoms with E-state index >= 15 is 0 Å². The Morgan fingerprint density at radius 1 is 0.500 bits per heavy atom. The molecule has 0 amide bonds. The summed E-state index contributed by atoms with van der Waals surface area (Å²) in [6.07, 6.45) is 0. The molecule has 0 bridgehead atoms. The van der Waals surface area contributed by atoms with E-state index in [9.17, 15) is 16.8 Å². The molecule has 0 N–H and O–H groups in total. The maximum atomic E-state index is 13.1. The molecule has 0 saturated carbocycles. The van der Waals surface area contributed by atoms with Crippen molar-refractivity contribution in [3.8, 4) is 44.8 Å². The fourth-order valence-corrected chi connectivity index (χ4v) is 7.49. The van der Waals surface area contributed by atoms with Gasteiger partial charge in [0, 0.05) is 20.9 Å². The van der Waals surface area contributed by atoms with Crippen LogP contribution in [0.3, 0.4) is 0 Å². The van der Waals surface area contributed by atoms with Crippen molar-refractivity contribution in [2.24, 2.45) is 0 Å². The summed E-state index contributed by atoms with van der Waals surface area (Å²) in [4.78, 5) is -0.529. The third-order valence-corrected chi connectivity index (χ3v) is 10.2. The van der Waals surface area contributed by atoms with Gasteiger partial charge in [0.2, 0.25) is 0 Å². The van der Waals surface area contributed by atoms with Crippen molar-refractivity contribution in [2.75, 3.05) is 0 Å². The maximum absolute atomic E-state index is 13.1. The van der Waals surface area contributed by atoms with Crippen LogP contribution in [-0.2, 0) is 20.0 Å². The third kappa shape index (κ3) is 6.20. The molecule has 0 radical (unpaired) electrons. The number of aryl methyl sites for hydroxylation is 2. The number of benzene rings is 4. The fourth-order valence-electron chi connectivity index (χ4n) is 4.81. The fraction of sp³-hybridized carbons (Fsp3) is 0.0625. The molecule has 6 rings (SSSR count). The monoisotopic (exact) mass is 633 g/mol. The summed E-state index contributed by atoms with van der Waals surface area (Å²) >= 11 is 0. The average Bonchev–Trinajstić information content (AvgIpc) is 3.60. The summed E-state index contributed by atoms with van der Waals surface area (Å²) in [7, 11) is -9.11. The zero-order chi connectivity index (χ0) is 30.2. The molecular weight excluding hydrogens is 609 g/mol. The average molecular weight is 634 g/mol. The van der Waals surface area contributed by atoms with Crippen LogP contribution in [0.4, 0.5) is 0 Å². The van der Waals surface area contributed by atoms with Gasteiger partial charge < -0.3 is 13.2 Å². The molecule has 0 atom stereocenters. The summed E-state index contributed by atoms with van der Waals surface area (Å²) in [5, 5.41) is 8.33. The molecule has 44 heavy (non-hydrogen) atoms. The van der Waals surface area contributed by atoms with Crippen molar-refractivity contribution in [1.29, 1.82) is 0 Å². The maximum Gasteiger partial charge on any atom is 1.00 e. The molecule has 2 heterocycles. The number of nitrogens with zero attached hydrogens (tertiary/aromatic N) is 3. The zero-order valence-electron chi connectivity index (χ0n) is 24.0. The number of hydrogen-bond donors (Lipinski definition) is 0. The first-order valence-electron chi connectivity index (χ1n) is 13.1. The van der Waals surface area contributed by atoms with Gasteiger partial charge in [0.1, 0.15) is 43.0 Å². The molecule has 0 unspecified atom stereocenters. The van der Waals surface area contributed by atoms with E-state index in [1.54, 1.807) is 38.1 Å². The SMILES string of the molecule is Cc1onc(-c2ccccc2)c1-c1ccc(S(=O)(=O)[N-]S(=O)(=O)c2ccc(-c3c(-c4ccccc4)noc3C)cc2)cc1.[Na+]. The second-order valence-corrected chi connectivity index (χ2v) is 13.2. The molecule has 0 saturated heterocycles. The van der Waals surface area contributed by atoms with E-state index < -0.39 is 20.0 Å². The van der Waals surface area contributed by atoms with Gasteiger partial charge in [0.25, 0.3) is 0 Å². The molecule has 0 spiro atoms. The molecular formula is C32H24N3NaO6S2. The largest absolute Gasteiger partial charge is 1.00 e. The van der Waals surface area contributed by atoms with Crippen LogP contribution in [-0.4, -0.2) is 27.1 Å². The predicted octanol–water partition coefficient (Wildman–Crippen LogP) is 4.40. The van der Waals surface area contributed by atoms with Crippen LogP contribution >= 0.6 is 0 Å². The zero-order valence-corrected chi connectivity index (χ0v) is 27.6. The second-order valence-electron chi connectivity index (χ2n) is 9.73. The van der Waals surface area contributed by atoms with Crippen LogP contribution in [0.25, 0.3) is 48.9 Å². The quantitative estimate of drug-likeness (QED) is 0.225. The van der Waals surface area contributed by atoms with Crippen molar-refractivity contribution >= 4 is 20.0 Å². The number of hydrogen-bond acceptors (Lipinski definition) is 8. The Balaban J connectivity index is 0.00000384. The Hall–Kier alpha value is -3.84. The Bertz CT molecular complexity index is 1970. The predicted molar refractivity (Wildman–Crippen MR) is 162 cm³/mol. The number of sulfonamides is 2. The van der Waals surface area contributed by atoms with Crippen molar-refractivity contribution in [3.05, 3.63) is 125 Å². The standard InChI is InChI=1S/C32H24N3O6S2.Na/c1-21-29(31(33-40-21)25-9-5-3-6-10-25)23-13-17-27(18-14-23)42(36,37)35-43(38,39)28-19-15-24(16-20-28)30-22(2)41-34-32(30)26-11-7-4-8-12-26;/h3-20H,1-2H3;/q-1;+1. The topological polar surface area (TPSA) is 134 Å². The summed E-state index contributed by atoms with van der Waals surface area (Å²) in [6.45, 7) is 3.53. The van der Waals surface area contributed by atoms with E-state index in [-0.39, 0.29) is 39.3 Å². The van der Waals surface area contributed by atoms with Crippen LogP contribution in [0.2, 0.25) is 0 Å². The molecule has 0 fully saturated rings. The Morgan fingerprint density at radius 2 is 0.841 bits per heavy atom. The molecule has 2 aromatic heterocycles. The Labute approximate surface area is 277 Å². The van der Waals surface area contributed by atoms with Gasteiger partial charge in [0.05, 0.1) is 11.1 Å². The summed E-state index contributed by atoms with van der Waals surface area (Å²) < 4.78 is 66.4. The van der Waals surface area contributed by atoms with Gasteiger partial charge in [-0.2, -0.15) is 0 Å². The van der Waals surface area contributed by atoms with Crippen LogP contribution in [0.1, 0.15) is 11.5 Å². The van der Waals surface area contributed by atoms with Crippen molar-refractivity contribution in [2.45, 2.75) is 23.6 Å². The minimum atomic E-state index is -4.55. The van der Waals surface area contributed by atoms with Crippen LogP contribution in [0, 0.1) is 13.8 Å². The van der Waals surface area contributed by atoms with Gasteiger partial charge in [-0.15, -0.1) is 0 Å². The molecule has 0 aliphatic carbocycles. The molecule has 4 aromatic carbocycles.